The first-order valence-electron chi connectivity index (χ1n) is 21.8. The Labute approximate surface area is 371 Å². The third-order valence-electron chi connectivity index (χ3n) is 12.9. The van der Waals surface area contributed by atoms with Gasteiger partial charge in [-0.25, -0.2) is 0 Å². The van der Waals surface area contributed by atoms with Crippen molar-refractivity contribution in [3.63, 3.8) is 0 Å². The maximum Gasteiger partial charge on any atom is 0.143 e. The predicted octanol–water partition coefficient (Wildman–Crippen LogP) is 16.7. The molecule has 302 valence electrons. The molecule has 0 unspecified atom stereocenters. The van der Waals surface area contributed by atoms with Crippen molar-refractivity contribution >= 4 is 60.9 Å². The first-order valence-corrected chi connectivity index (χ1v) is 21.8. The van der Waals surface area contributed by atoms with Gasteiger partial charge in [0, 0.05) is 49.7 Å². The molecule has 2 heterocycles. The summed E-state index contributed by atoms with van der Waals surface area (Å²) < 4.78 is 12.9. The zero-order chi connectivity index (χ0) is 42.5. The Balaban J connectivity index is 0.995. The highest BCUT2D eigenvalue weighted by atomic mass is 16.3. The average Bonchev–Trinajstić information content (AvgIpc) is 3.95. The van der Waals surface area contributed by atoms with Crippen LogP contribution >= 0.6 is 0 Å². The molecule has 0 saturated heterocycles. The molecule has 0 radical (unpaired) electrons. The van der Waals surface area contributed by atoms with Crippen molar-refractivity contribution in [3.8, 4) is 22.3 Å². The summed E-state index contributed by atoms with van der Waals surface area (Å²) in [6.07, 6.45) is 0. The molecule has 12 aromatic rings. The summed E-state index contributed by atoms with van der Waals surface area (Å²) >= 11 is 0. The number of benzene rings is 10. The van der Waals surface area contributed by atoms with Crippen molar-refractivity contribution in [3.05, 3.63) is 271 Å². The van der Waals surface area contributed by atoms with E-state index in [4.69, 9.17) is 8.83 Å². The van der Waals surface area contributed by atoms with Crippen LogP contribution in [-0.4, -0.2) is 0 Å². The standard InChI is InChI=1S/C61H41NO2/c1-4-16-44(17-5-1)61(45-18-6-2-7-19-45,46-20-8-3-9-21-46)47-34-40-50(41-35-47)62(48-36-30-42(31-37-48)51-24-14-26-55-53-22-10-12-28-57(53)63-59(51)55)49-38-32-43(33-39-49)52-25-15-27-56-54-23-11-13-29-58(54)64-60(52)56/h1-41H. The molecule has 0 N–H and O–H groups in total. The molecule has 3 heteroatoms. The Morgan fingerprint density at radius 1 is 0.266 bits per heavy atom. The van der Waals surface area contributed by atoms with Gasteiger partial charge in [0.15, 0.2) is 0 Å². The van der Waals surface area contributed by atoms with Crippen LogP contribution in [0.15, 0.2) is 258 Å². The molecule has 0 spiro atoms. The maximum absolute atomic E-state index is 6.46. The van der Waals surface area contributed by atoms with E-state index in [1.807, 2.05) is 24.3 Å². The maximum atomic E-state index is 6.46. The normalized spacial score (nSPS) is 11.8. The van der Waals surface area contributed by atoms with Crippen molar-refractivity contribution in [1.29, 1.82) is 0 Å². The number of rotatable bonds is 9. The smallest absolute Gasteiger partial charge is 0.143 e. The molecule has 2 aromatic heterocycles. The second-order valence-corrected chi connectivity index (χ2v) is 16.4. The number of para-hydroxylation sites is 4. The Hall–Kier alpha value is -8.40. The van der Waals surface area contributed by atoms with Crippen LogP contribution in [0.5, 0.6) is 0 Å². The van der Waals surface area contributed by atoms with E-state index in [0.717, 1.165) is 83.2 Å². The fourth-order valence-electron chi connectivity index (χ4n) is 9.90. The number of nitrogens with zero attached hydrogens (tertiary/aromatic N) is 1. The average molecular weight is 820 g/mol. The molecule has 0 aliphatic rings. The molecule has 10 aromatic carbocycles. The summed E-state index contributed by atoms with van der Waals surface area (Å²) in [6.45, 7) is 0. The number of fused-ring (bicyclic) bond motifs is 6. The molecule has 0 aliphatic heterocycles. The molecular weight excluding hydrogens is 779 g/mol. The molecule has 64 heavy (non-hydrogen) atoms. The summed E-state index contributed by atoms with van der Waals surface area (Å²) in [5.41, 5.74) is 15.3. The van der Waals surface area contributed by atoms with E-state index in [1.54, 1.807) is 0 Å². The first-order chi connectivity index (χ1) is 31.7. The Morgan fingerprint density at radius 3 is 1.00 bits per heavy atom. The molecular formula is C61H41NO2. The zero-order valence-electron chi connectivity index (χ0n) is 34.9. The van der Waals surface area contributed by atoms with Crippen LogP contribution in [-0.2, 0) is 5.41 Å². The number of hydrogen-bond acceptors (Lipinski definition) is 3. The van der Waals surface area contributed by atoms with Gasteiger partial charge in [-0.3, -0.25) is 0 Å². The van der Waals surface area contributed by atoms with Crippen LogP contribution in [0.1, 0.15) is 22.3 Å². The van der Waals surface area contributed by atoms with E-state index in [1.165, 1.54) is 22.3 Å². The SMILES string of the molecule is c1ccc(C(c2ccccc2)(c2ccccc2)c2ccc(N(c3ccc(-c4cccc5c4oc4ccccc45)cc3)c3ccc(-c4cccc5c4oc4ccccc45)cc3)cc2)cc1. The van der Waals surface area contributed by atoms with Gasteiger partial charge in [0.25, 0.3) is 0 Å². The highest BCUT2D eigenvalue weighted by Gasteiger charge is 2.38. The Morgan fingerprint density at radius 2 is 0.594 bits per heavy atom. The second-order valence-electron chi connectivity index (χ2n) is 16.4. The van der Waals surface area contributed by atoms with Gasteiger partial charge >= 0.3 is 0 Å². The largest absolute Gasteiger partial charge is 0.455 e. The lowest BCUT2D eigenvalue weighted by Crippen LogP contribution is -2.31. The zero-order valence-corrected chi connectivity index (χ0v) is 34.9. The topological polar surface area (TPSA) is 29.5 Å². The van der Waals surface area contributed by atoms with Gasteiger partial charge in [0.1, 0.15) is 22.3 Å². The van der Waals surface area contributed by atoms with Gasteiger partial charge in [0.2, 0.25) is 0 Å². The summed E-state index contributed by atoms with van der Waals surface area (Å²) in [5, 5.41) is 4.49. The van der Waals surface area contributed by atoms with Gasteiger partial charge in [-0.1, -0.05) is 200 Å². The van der Waals surface area contributed by atoms with Gasteiger partial charge in [-0.2, -0.15) is 0 Å². The molecule has 0 saturated carbocycles. The van der Waals surface area contributed by atoms with Gasteiger partial charge in [-0.15, -0.1) is 0 Å². The van der Waals surface area contributed by atoms with Crippen molar-refractivity contribution in [2.24, 2.45) is 0 Å². The molecule has 0 bridgehead atoms. The molecule has 0 atom stereocenters. The lowest BCUT2D eigenvalue weighted by Gasteiger charge is -2.37. The summed E-state index contributed by atoms with van der Waals surface area (Å²) in [7, 11) is 0. The molecule has 0 fully saturated rings. The lowest BCUT2D eigenvalue weighted by atomic mass is 9.65. The molecule has 3 nitrogen and oxygen atoms in total. The predicted molar refractivity (Wildman–Crippen MR) is 265 cm³/mol. The lowest BCUT2D eigenvalue weighted by molar-refractivity contribution is 0.669. The van der Waals surface area contributed by atoms with E-state index in [-0.39, 0.29) is 0 Å². The van der Waals surface area contributed by atoms with Crippen LogP contribution in [0.2, 0.25) is 0 Å². The summed E-state index contributed by atoms with van der Waals surface area (Å²) in [4.78, 5) is 2.34. The van der Waals surface area contributed by atoms with Gasteiger partial charge < -0.3 is 13.7 Å². The van der Waals surface area contributed by atoms with E-state index < -0.39 is 5.41 Å². The third-order valence-corrected chi connectivity index (χ3v) is 12.9. The third kappa shape index (κ3) is 6.13. The monoisotopic (exact) mass is 819 g/mol. The highest BCUT2D eigenvalue weighted by molar-refractivity contribution is 6.10. The van der Waals surface area contributed by atoms with Crippen molar-refractivity contribution in [2.75, 3.05) is 4.90 Å². The van der Waals surface area contributed by atoms with Crippen molar-refractivity contribution < 1.29 is 8.83 Å². The van der Waals surface area contributed by atoms with Crippen LogP contribution in [0.3, 0.4) is 0 Å². The van der Waals surface area contributed by atoms with Crippen molar-refractivity contribution in [2.45, 2.75) is 5.41 Å². The second kappa shape index (κ2) is 15.5. The van der Waals surface area contributed by atoms with Crippen LogP contribution in [0, 0.1) is 0 Å². The highest BCUT2D eigenvalue weighted by Crippen LogP contribution is 2.47. The summed E-state index contributed by atoms with van der Waals surface area (Å²) in [5.74, 6) is 0. The van der Waals surface area contributed by atoms with Crippen LogP contribution < -0.4 is 4.90 Å². The quantitative estimate of drug-likeness (QED) is 0.136. The first kappa shape index (κ1) is 37.4. The van der Waals surface area contributed by atoms with Crippen LogP contribution in [0.4, 0.5) is 17.1 Å². The fraction of sp³-hybridized carbons (Fsp3) is 0.0164. The Bertz CT molecular complexity index is 3320. The van der Waals surface area contributed by atoms with Gasteiger partial charge in [0.05, 0.1) is 5.41 Å². The molecule has 0 amide bonds. The van der Waals surface area contributed by atoms with Gasteiger partial charge in [-0.05, 0) is 81.9 Å². The van der Waals surface area contributed by atoms with Crippen molar-refractivity contribution in [1.82, 2.24) is 0 Å². The van der Waals surface area contributed by atoms with E-state index >= 15 is 0 Å². The number of anilines is 3. The minimum absolute atomic E-state index is 0.550. The molecule has 0 aliphatic carbocycles. The number of hydrogen-bond donors (Lipinski definition) is 0. The number of furan rings is 2. The van der Waals surface area contributed by atoms with E-state index in [2.05, 4.69) is 229 Å². The van der Waals surface area contributed by atoms with E-state index in [9.17, 15) is 0 Å². The fourth-order valence-corrected chi connectivity index (χ4v) is 9.90. The van der Waals surface area contributed by atoms with Crippen LogP contribution in [0.25, 0.3) is 66.1 Å². The van der Waals surface area contributed by atoms with E-state index in [0.29, 0.717) is 0 Å². The molecule has 12 rings (SSSR count). The minimum Gasteiger partial charge on any atom is -0.455 e. The minimum atomic E-state index is -0.550. The summed E-state index contributed by atoms with van der Waals surface area (Å²) in [6, 6.07) is 88.8. The Kier molecular flexibility index (Phi) is 9.05.